The van der Waals surface area contributed by atoms with Gasteiger partial charge < -0.3 is 0 Å². The minimum Gasteiger partial charge on any atom is -0.219 e. The topological polar surface area (TPSA) is 34.1 Å². The van der Waals surface area contributed by atoms with Crippen molar-refractivity contribution < 1.29 is 21.6 Å². The fourth-order valence-corrected chi connectivity index (χ4v) is 3.40. The third kappa shape index (κ3) is 3.12. The van der Waals surface area contributed by atoms with Crippen LogP contribution in [-0.4, -0.2) is 19.2 Å². The van der Waals surface area contributed by atoms with E-state index in [4.69, 9.17) is 0 Å². The molecule has 1 rings (SSSR count). The molecule has 1 aliphatic carbocycles. The molecule has 0 spiro atoms. The Kier molecular flexibility index (Phi) is 4.26. The first-order chi connectivity index (χ1) is 7.30. The maximum absolute atomic E-state index is 12.2. The second-order valence-electron chi connectivity index (χ2n) is 4.37. The predicted octanol–water partition coefficient (Wildman–Crippen LogP) is 3.28. The van der Waals surface area contributed by atoms with Crippen molar-refractivity contribution in [2.75, 3.05) is 0 Å². The molecular weight excluding hydrogens is 241 g/mol. The first-order valence-electron chi connectivity index (χ1n) is 5.61. The Hall–Kier alpha value is -0.260. The van der Waals surface area contributed by atoms with Gasteiger partial charge in [-0.3, -0.25) is 0 Å². The number of hydrogen-bond acceptors (Lipinski definition) is 2. The lowest BCUT2D eigenvalue weighted by molar-refractivity contribution is -0.0438. The van der Waals surface area contributed by atoms with E-state index >= 15 is 0 Å². The molecule has 96 valence electrons. The molecule has 0 aromatic carbocycles. The molecule has 1 fully saturated rings. The molecule has 2 atom stereocenters. The van der Waals surface area contributed by atoms with Crippen LogP contribution in [0.3, 0.4) is 0 Å². The van der Waals surface area contributed by atoms with Crippen LogP contribution in [0.1, 0.15) is 45.4 Å². The zero-order valence-electron chi connectivity index (χ0n) is 9.26. The maximum atomic E-state index is 12.2. The molecular formula is C10H17F3O2S. The highest BCUT2D eigenvalue weighted by Gasteiger charge is 2.59. The summed E-state index contributed by atoms with van der Waals surface area (Å²) in [6.07, 6.45) is 4.74. The third-order valence-corrected chi connectivity index (χ3v) is 5.03. The third-order valence-electron chi connectivity index (χ3n) is 3.01. The fourth-order valence-electron chi connectivity index (χ4n) is 1.91. The minimum atomic E-state index is -5.07. The van der Waals surface area contributed by atoms with Gasteiger partial charge in [0.15, 0.2) is 0 Å². The molecule has 0 aliphatic heterocycles. The zero-order chi connectivity index (χ0) is 12.4. The van der Waals surface area contributed by atoms with Crippen LogP contribution in [0.5, 0.6) is 0 Å². The fraction of sp³-hybridized carbons (Fsp3) is 1.00. The van der Waals surface area contributed by atoms with Crippen LogP contribution in [0, 0.1) is 5.92 Å². The van der Waals surface area contributed by atoms with Crippen LogP contribution in [0.15, 0.2) is 0 Å². The van der Waals surface area contributed by atoms with Gasteiger partial charge in [-0.05, 0) is 18.8 Å². The van der Waals surface area contributed by atoms with E-state index in [0.717, 1.165) is 25.7 Å². The van der Waals surface area contributed by atoms with Gasteiger partial charge in [-0.25, -0.2) is 8.42 Å². The van der Waals surface area contributed by atoms with E-state index in [2.05, 4.69) is 0 Å². The average molecular weight is 258 g/mol. The number of alkyl halides is 3. The van der Waals surface area contributed by atoms with E-state index in [1.807, 2.05) is 6.92 Å². The summed E-state index contributed by atoms with van der Waals surface area (Å²) >= 11 is 0. The van der Waals surface area contributed by atoms with Crippen LogP contribution in [0.4, 0.5) is 13.2 Å². The molecule has 1 aliphatic rings. The quantitative estimate of drug-likeness (QED) is 0.685. The number of halogens is 3. The standard InChI is InChI=1S/C10H17F3O2S/c1-2-3-4-5-6-8-7-9(8)16(14,15)10(11,12)13/h8-9H,2-7H2,1H3/t8-,9+/m1/s1. The van der Waals surface area contributed by atoms with Gasteiger partial charge in [-0.2, -0.15) is 13.2 Å². The van der Waals surface area contributed by atoms with Crippen molar-refractivity contribution in [1.82, 2.24) is 0 Å². The van der Waals surface area contributed by atoms with Gasteiger partial charge in [0.25, 0.3) is 9.84 Å². The number of unbranched alkanes of at least 4 members (excludes halogenated alkanes) is 3. The molecule has 0 aromatic heterocycles. The van der Waals surface area contributed by atoms with E-state index in [1.54, 1.807) is 0 Å². The van der Waals surface area contributed by atoms with Crippen LogP contribution in [-0.2, 0) is 9.84 Å². The highest BCUT2D eigenvalue weighted by molar-refractivity contribution is 7.93. The van der Waals surface area contributed by atoms with Gasteiger partial charge in [0.05, 0.1) is 5.25 Å². The van der Waals surface area contributed by atoms with Crippen LogP contribution < -0.4 is 0 Å². The van der Waals surface area contributed by atoms with E-state index in [1.165, 1.54) is 0 Å². The van der Waals surface area contributed by atoms with Crippen molar-refractivity contribution >= 4 is 9.84 Å². The summed E-state index contributed by atoms with van der Waals surface area (Å²) < 4.78 is 58.4. The SMILES string of the molecule is CCCCCC[C@@H]1C[C@@H]1S(=O)(=O)C(F)(F)F. The molecule has 0 amide bonds. The summed E-state index contributed by atoms with van der Waals surface area (Å²) in [5.74, 6) is -0.261. The van der Waals surface area contributed by atoms with E-state index in [9.17, 15) is 21.6 Å². The second-order valence-corrected chi connectivity index (χ2v) is 6.53. The molecule has 0 bridgehead atoms. The normalized spacial score (nSPS) is 25.8. The van der Waals surface area contributed by atoms with Gasteiger partial charge in [-0.15, -0.1) is 0 Å². The van der Waals surface area contributed by atoms with Crippen LogP contribution in [0.25, 0.3) is 0 Å². The van der Waals surface area contributed by atoms with Crippen molar-refractivity contribution in [2.24, 2.45) is 5.92 Å². The smallest absolute Gasteiger partial charge is 0.219 e. The summed E-state index contributed by atoms with van der Waals surface area (Å²) in [5, 5.41) is -1.16. The Morgan fingerprint density at radius 2 is 1.81 bits per heavy atom. The summed E-state index contributed by atoms with van der Waals surface area (Å²) in [6.45, 7) is 2.05. The Labute approximate surface area is 94.1 Å². The van der Waals surface area contributed by atoms with Crippen molar-refractivity contribution in [3.05, 3.63) is 0 Å². The van der Waals surface area contributed by atoms with E-state index < -0.39 is 20.6 Å². The zero-order valence-corrected chi connectivity index (χ0v) is 10.1. The van der Waals surface area contributed by atoms with Gasteiger partial charge in [-0.1, -0.05) is 32.6 Å². The Balaban J connectivity index is 2.34. The molecule has 0 heterocycles. The number of sulfone groups is 1. The monoisotopic (exact) mass is 258 g/mol. The molecule has 0 aromatic rings. The van der Waals surface area contributed by atoms with Crippen molar-refractivity contribution in [3.8, 4) is 0 Å². The largest absolute Gasteiger partial charge is 0.497 e. The lowest BCUT2D eigenvalue weighted by atomic mass is 10.1. The molecule has 0 radical (unpaired) electrons. The van der Waals surface area contributed by atoms with Crippen LogP contribution >= 0.6 is 0 Å². The van der Waals surface area contributed by atoms with Gasteiger partial charge in [0.2, 0.25) is 0 Å². The lowest BCUT2D eigenvalue weighted by Gasteiger charge is -2.07. The molecule has 0 N–H and O–H groups in total. The summed E-state index contributed by atoms with van der Waals surface area (Å²) in [6, 6.07) is 0. The first kappa shape index (κ1) is 13.8. The highest BCUT2D eigenvalue weighted by atomic mass is 32.2. The molecule has 6 heteroatoms. The molecule has 1 saturated carbocycles. The summed E-state index contributed by atoms with van der Waals surface area (Å²) in [5.41, 5.74) is -5.07. The average Bonchev–Trinajstić information content (AvgIpc) is 2.90. The van der Waals surface area contributed by atoms with E-state index in [0.29, 0.717) is 6.42 Å². The Morgan fingerprint density at radius 1 is 1.19 bits per heavy atom. The van der Waals surface area contributed by atoms with Gasteiger partial charge >= 0.3 is 5.51 Å². The molecule has 0 unspecified atom stereocenters. The number of rotatable bonds is 6. The van der Waals surface area contributed by atoms with Gasteiger partial charge in [0.1, 0.15) is 0 Å². The maximum Gasteiger partial charge on any atom is 0.497 e. The Morgan fingerprint density at radius 3 is 2.31 bits per heavy atom. The molecule has 0 saturated heterocycles. The van der Waals surface area contributed by atoms with Crippen molar-refractivity contribution in [2.45, 2.75) is 56.2 Å². The first-order valence-corrected chi connectivity index (χ1v) is 7.15. The predicted molar refractivity (Wildman–Crippen MR) is 55.6 cm³/mol. The van der Waals surface area contributed by atoms with Crippen molar-refractivity contribution in [3.63, 3.8) is 0 Å². The minimum absolute atomic E-state index is 0.188. The summed E-state index contributed by atoms with van der Waals surface area (Å²) in [4.78, 5) is 0. The van der Waals surface area contributed by atoms with Crippen LogP contribution in [0.2, 0.25) is 0 Å². The molecule has 2 nitrogen and oxygen atoms in total. The second kappa shape index (κ2) is 4.94. The number of hydrogen-bond donors (Lipinski definition) is 0. The van der Waals surface area contributed by atoms with E-state index in [-0.39, 0.29) is 12.3 Å². The summed E-state index contributed by atoms with van der Waals surface area (Å²) in [7, 11) is -4.90. The Bertz CT molecular complexity index is 321. The highest BCUT2D eigenvalue weighted by Crippen LogP contribution is 2.46. The lowest BCUT2D eigenvalue weighted by Crippen LogP contribution is -2.27. The van der Waals surface area contributed by atoms with Crippen molar-refractivity contribution in [1.29, 1.82) is 0 Å². The van der Waals surface area contributed by atoms with Gasteiger partial charge in [0, 0.05) is 0 Å². The molecule has 16 heavy (non-hydrogen) atoms.